The summed E-state index contributed by atoms with van der Waals surface area (Å²) < 4.78 is 6.28. The van der Waals surface area contributed by atoms with Crippen LogP contribution >= 0.6 is 22.9 Å². The van der Waals surface area contributed by atoms with Crippen LogP contribution in [0.25, 0.3) is 11.0 Å². The van der Waals surface area contributed by atoms with Crippen LogP contribution in [0.3, 0.4) is 0 Å². The van der Waals surface area contributed by atoms with Gasteiger partial charge in [-0.1, -0.05) is 23.7 Å². The van der Waals surface area contributed by atoms with Crippen LogP contribution in [-0.4, -0.2) is 56.9 Å². The van der Waals surface area contributed by atoms with Gasteiger partial charge in [-0.2, -0.15) is 0 Å². The van der Waals surface area contributed by atoms with E-state index in [1.807, 2.05) is 34.7 Å². The van der Waals surface area contributed by atoms with E-state index in [4.69, 9.17) is 16.3 Å². The van der Waals surface area contributed by atoms with E-state index in [-0.39, 0.29) is 18.4 Å². The van der Waals surface area contributed by atoms with Crippen molar-refractivity contribution in [1.82, 2.24) is 24.8 Å². The molecule has 2 aromatic carbocycles. The number of carbonyl (C=O) groups excluding carboxylic acids is 1. The van der Waals surface area contributed by atoms with Gasteiger partial charge in [-0.25, -0.2) is 9.97 Å². The van der Waals surface area contributed by atoms with Crippen molar-refractivity contribution in [3.8, 4) is 5.75 Å². The Morgan fingerprint density at radius 3 is 2.89 bits per heavy atom. The molecule has 4 aromatic rings. The molecule has 0 bridgehead atoms. The fourth-order valence-electron chi connectivity index (χ4n) is 4.47. The summed E-state index contributed by atoms with van der Waals surface area (Å²) in [5.74, 6) is 1.64. The van der Waals surface area contributed by atoms with Crippen molar-refractivity contribution >= 4 is 39.9 Å². The summed E-state index contributed by atoms with van der Waals surface area (Å²) >= 11 is 7.67. The van der Waals surface area contributed by atoms with Crippen LogP contribution in [0.5, 0.6) is 5.75 Å². The first-order valence-electron chi connectivity index (χ1n) is 11.7. The molecule has 1 fully saturated rings. The van der Waals surface area contributed by atoms with Gasteiger partial charge in [-0.05, 0) is 42.9 Å². The van der Waals surface area contributed by atoms with Crippen LogP contribution < -0.4 is 4.74 Å². The van der Waals surface area contributed by atoms with Crippen molar-refractivity contribution < 1.29 is 9.53 Å². The van der Waals surface area contributed by atoms with Crippen molar-refractivity contribution in [3.63, 3.8) is 0 Å². The van der Waals surface area contributed by atoms with E-state index in [1.165, 1.54) is 5.56 Å². The van der Waals surface area contributed by atoms with Crippen molar-refractivity contribution in [1.29, 1.82) is 0 Å². The standard InChI is InChI=1S/C26H28ClN5O2S/c1-31(15-20-16-35-17-28-20)14-18-3-2-4-22(11-18)34-21-7-9-32(10-8-21)26(33)13-25-29-23-6-5-19(27)12-24(23)30-25/h2-6,11-12,16-17,21H,7-10,13-15H2,1H3,(H,29,30). The zero-order chi connectivity index (χ0) is 24.2. The van der Waals surface area contributed by atoms with Gasteiger partial charge in [0.1, 0.15) is 17.7 Å². The summed E-state index contributed by atoms with van der Waals surface area (Å²) in [6.07, 6.45) is 1.99. The number of benzene rings is 2. The van der Waals surface area contributed by atoms with E-state index in [0.29, 0.717) is 23.9 Å². The average Bonchev–Trinajstić information content (AvgIpc) is 3.48. The van der Waals surface area contributed by atoms with E-state index in [2.05, 4.69) is 44.4 Å². The Labute approximate surface area is 213 Å². The molecule has 182 valence electrons. The average molecular weight is 510 g/mol. The minimum atomic E-state index is 0.0822. The lowest BCUT2D eigenvalue weighted by Gasteiger charge is -2.32. The highest BCUT2D eigenvalue weighted by Crippen LogP contribution is 2.22. The molecule has 0 aliphatic carbocycles. The third-order valence-corrected chi connectivity index (χ3v) is 7.05. The zero-order valence-corrected chi connectivity index (χ0v) is 21.2. The minimum absolute atomic E-state index is 0.0822. The largest absolute Gasteiger partial charge is 0.490 e. The second-order valence-corrected chi connectivity index (χ2v) is 10.2. The monoisotopic (exact) mass is 509 g/mol. The maximum atomic E-state index is 12.8. The highest BCUT2D eigenvalue weighted by Gasteiger charge is 2.24. The van der Waals surface area contributed by atoms with E-state index in [0.717, 1.165) is 48.4 Å². The van der Waals surface area contributed by atoms with Gasteiger partial charge in [0, 0.05) is 49.4 Å². The molecular formula is C26H28ClN5O2S. The highest BCUT2D eigenvalue weighted by molar-refractivity contribution is 7.07. The molecule has 0 radical (unpaired) electrons. The molecule has 0 saturated carbocycles. The second kappa shape index (κ2) is 10.8. The Morgan fingerprint density at radius 2 is 2.09 bits per heavy atom. The number of aromatic amines is 1. The minimum Gasteiger partial charge on any atom is -0.490 e. The Hall–Kier alpha value is -2.94. The number of H-pyrrole nitrogens is 1. The number of carbonyl (C=O) groups is 1. The number of likely N-dealkylation sites (tertiary alicyclic amines) is 1. The van der Waals surface area contributed by atoms with Crippen LogP contribution in [0.2, 0.25) is 5.02 Å². The van der Waals surface area contributed by atoms with Gasteiger partial charge in [0.05, 0.1) is 28.7 Å². The number of hydrogen-bond acceptors (Lipinski definition) is 6. The van der Waals surface area contributed by atoms with Crippen LogP contribution in [0, 0.1) is 0 Å². The molecule has 2 aromatic heterocycles. The van der Waals surface area contributed by atoms with Gasteiger partial charge in [-0.3, -0.25) is 9.69 Å². The molecule has 0 atom stereocenters. The Balaban J connectivity index is 1.10. The molecule has 35 heavy (non-hydrogen) atoms. The van der Waals surface area contributed by atoms with E-state index < -0.39 is 0 Å². The van der Waals surface area contributed by atoms with Crippen molar-refractivity contribution in [2.45, 2.75) is 38.5 Å². The molecule has 1 N–H and O–H groups in total. The first-order valence-corrected chi connectivity index (χ1v) is 13.1. The number of fused-ring (bicyclic) bond motifs is 1. The topological polar surface area (TPSA) is 74.3 Å². The third kappa shape index (κ3) is 6.20. The smallest absolute Gasteiger partial charge is 0.230 e. The van der Waals surface area contributed by atoms with Gasteiger partial charge >= 0.3 is 0 Å². The second-order valence-electron chi connectivity index (χ2n) is 9.02. The summed E-state index contributed by atoms with van der Waals surface area (Å²) in [5, 5.41) is 2.73. The normalized spacial score (nSPS) is 14.7. The Morgan fingerprint density at radius 1 is 1.23 bits per heavy atom. The van der Waals surface area contributed by atoms with Crippen LogP contribution in [0.15, 0.2) is 53.4 Å². The van der Waals surface area contributed by atoms with Crippen LogP contribution in [0.4, 0.5) is 0 Å². The van der Waals surface area contributed by atoms with Crippen LogP contribution in [-0.2, 0) is 24.3 Å². The summed E-state index contributed by atoms with van der Waals surface area (Å²) in [6, 6.07) is 13.8. The predicted molar refractivity (Wildman–Crippen MR) is 139 cm³/mol. The Bertz CT molecular complexity index is 1280. The van der Waals surface area contributed by atoms with Crippen molar-refractivity contribution in [2.75, 3.05) is 20.1 Å². The number of hydrogen-bond donors (Lipinski definition) is 1. The Kier molecular flexibility index (Phi) is 7.32. The lowest BCUT2D eigenvalue weighted by Crippen LogP contribution is -2.42. The van der Waals surface area contributed by atoms with Gasteiger partial charge in [0.15, 0.2) is 0 Å². The molecule has 1 amide bonds. The molecule has 0 spiro atoms. The molecular weight excluding hydrogens is 482 g/mol. The molecule has 1 aliphatic rings. The van der Waals surface area contributed by atoms with Crippen molar-refractivity contribution in [2.24, 2.45) is 0 Å². The van der Waals surface area contributed by atoms with E-state index in [1.54, 1.807) is 17.4 Å². The zero-order valence-electron chi connectivity index (χ0n) is 19.6. The molecule has 3 heterocycles. The SMILES string of the molecule is CN(Cc1cccc(OC2CCN(C(=O)Cc3nc4ccc(Cl)cc4[nH]3)CC2)c1)Cc1cscn1. The fraction of sp³-hybridized carbons (Fsp3) is 0.346. The van der Waals surface area contributed by atoms with Crippen molar-refractivity contribution in [3.05, 3.63) is 75.5 Å². The molecule has 5 rings (SSSR count). The van der Waals surface area contributed by atoms with E-state index in [9.17, 15) is 4.79 Å². The molecule has 9 heteroatoms. The molecule has 1 aliphatic heterocycles. The maximum Gasteiger partial charge on any atom is 0.230 e. The summed E-state index contributed by atoms with van der Waals surface area (Å²) in [5.41, 5.74) is 5.84. The summed E-state index contributed by atoms with van der Waals surface area (Å²) in [4.78, 5) is 29.1. The number of aromatic nitrogens is 3. The number of thiazole rings is 1. The summed E-state index contributed by atoms with van der Waals surface area (Å²) in [6.45, 7) is 3.02. The van der Waals surface area contributed by atoms with Gasteiger partial charge in [0.2, 0.25) is 5.91 Å². The quantitative estimate of drug-likeness (QED) is 0.365. The first-order chi connectivity index (χ1) is 17.0. The number of nitrogens with one attached hydrogen (secondary N) is 1. The van der Waals surface area contributed by atoms with Crippen LogP contribution in [0.1, 0.15) is 29.9 Å². The fourth-order valence-corrected chi connectivity index (χ4v) is 5.19. The number of ether oxygens (including phenoxy) is 1. The van der Waals surface area contributed by atoms with Gasteiger partial charge in [0.25, 0.3) is 0 Å². The lowest BCUT2D eigenvalue weighted by molar-refractivity contribution is -0.132. The lowest BCUT2D eigenvalue weighted by atomic mass is 10.1. The third-order valence-electron chi connectivity index (χ3n) is 6.18. The number of rotatable bonds is 8. The number of piperidine rings is 1. The number of halogens is 1. The van der Waals surface area contributed by atoms with Gasteiger partial charge < -0.3 is 14.6 Å². The number of imidazole rings is 1. The summed E-state index contributed by atoms with van der Waals surface area (Å²) in [7, 11) is 2.10. The predicted octanol–water partition coefficient (Wildman–Crippen LogP) is 4.92. The molecule has 1 saturated heterocycles. The molecule has 7 nitrogen and oxygen atoms in total. The number of amides is 1. The molecule has 0 unspecified atom stereocenters. The number of nitrogens with zero attached hydrogens (tertiary/aromatic N) is 4. The van der Waals surface area contributed by atoms with E-state index >= 15 is 0 Å². The first kappa shape index (κ1) is 23.8. The van der Waals surface area contributed by atoms with Gasteiger partial charge in [-0.15, -0.1) is 11.3 Å². The maximum absolute atomic E-state index is 12.8. The highest BCUT2D eigenvalue weighted by atomic mass is 35.5.